The molecule has 0 spiro atoms. The molecule has 0 aromatic heterocycles. The van der Waals surface area contributed by atoms with Gasteiger partial charge in [-0.25, -0.2) is 0 Å². The van der Waals surface area contributed by atoms with E-state index in [1.54, 1.807) is 42.6 Å². The SMILES string of the molecule is O=C(/C=C/Nc1ccc(O)cc1)c1ccc(Br)cc1. The number of carbonyl (C=O) groups excluding carboxylic acids is 1. The minimum absolute atomic E-state index is 0.0706. The van der Waals surface area contributed by atoms with Crippen molar-refractivity contribution in [2.24, 2.45) is 0 Å². The lowest BCUT2D eigenvalue weighted by atomic mass is 10.1. The second-order valence-electron chi connectivity index (χ2n) is 3.90. The second kappa shape index (κ2) is 6.20. The molecule has 2 aromatic carbocycles. The zero-order valence-corrected chi connectivity index (χ0v) is 11.6. The number of phenolic OH excluding ortho intramolecular Hbond substituents is 1. The number of phenols is 1. The molecule has 0 saturated heterocycles. The van der Waals surface area contributed by atoms with Gasteiger partial charge in [0.25, 0.3) is 0 Å². The average molecular weight is 318 g/mol. The van der Waals surface area contributed by atoms with E-state index in [1.165, 1.54) is 6.08 Å². The maximum atomic E-state index is 11.8. The van der Waals surface area contributed by atoms with E-state index in [1.807, 2.05) is 12.1 Å². The summed E-state index contributed by atoms with van der Waals surface area (Å²) in [7, 11) is 0. The Morgan fingerprint density at radius 2 is 1.68 bits per heavy atom. The van der Waals surface area contributed by atoms with E-state index in [4.69, 9.17) is 5.11 Å². The molecule has 0 aliphatic carbocycles. The zero-order chi connectivity index (χ0) is 13.7. The number of nitrogens with one attached hydrogen (secondary N) is 1. The van der Waals surface area contributed by atoms with Gasteiger partial charge in [0.1, 0.15) is 5.75 Å². The van der Waals surface area contributed by atoms with E-state index in [9.17, 15) is 4.79 Å². The molecule has 0 aliphatic heterocycles. The highest BCUT2D eigenvalue weighted by Crippen LogP contribution is 2.14. The number of rotatable bonds is 4. The zero-order valence-electron chi connectivity index (χ0n) is 10.0. The van der Waals surface area contributed by atoms with Crippen LogP contribution in [0.1, 0.15) is 10.4 Å². The van der Waals surface area contributed by atoms with Crippen LogP contribution in [0.5, 0.6) is 5.75 Å². The predicted octanol–water partition coefficient (Wildman–Crippen LogP) is 3.96. The minimum atomic E-state index is -0.0706. The highest BCUT2D eigenvalue weighted by Gasteiger charge is 2.00. The quantitative estimate of drug-likeness (QED) is 0.509. The Hall–Kier alpha value is -2.07. The summed E-state index contributed by atoms with van der Waals surface area (Å²) in [4.78, 5) is 11.8. The van der Waals surface area contributed by atoms with Crippen molar-refractivity contribution in [3.8, 4) is 5.75 Å². The average Bonchev–Trinajstić information content (AvgIpc) is 2.41. The third-order valence-corrected chi connectivity index (χ3v) is 3.01. The van der Waals surface area contributed by atoms with Crippen LogP contribution >= 0.6 is 15.9 Å². The van der Waals surface area contributed by atoms with Crippen molar-refractivity contribution in [3.63, 3.8) is 0 Å². The number of ketones is 1. The fraction of sp³-hybridized carbons (Fsp3) is 0. The highest BCUT2D eigenvalue weighted by molar-refractivity contribution is 9.10. The molecule has 0 atom stereocenters. The van der Waals surface area contributed by atoms with E-state index >= 15 is 0 Å². The number of carbonyl (C=O) groups is 1. The van der Waals surface area contributed by atoms with Crippen molar-refractivity contribution in [3.05, 3.63) is 70.8 Å². The summed E-state index contributed by atoms with van der Waals surface area (Å²) in [6, 6.07) is 13.8. The van der Waals surface area contributed by atoms with Crippen LogP contribution in [0.3, 0.4) is 0 Å². The smallest absolute Gasteiger partial charge is 0.187 e. The summed E-state index contributed by atoms with van der Waals surface area (Å²) >= 11 is 3.32. The van der Waals surface area contributed by atoms with Gasteiger partial charge in [-0.3, -0.25) is 4.79 Å². The number of hydrogen-bond acceptors (Lipinski definition) is 3. The lowest BCUT2D eigenvalue weighted by Gasteiger charge is -2.00. The Morgan fingerprint density at radius 1 is 1.05 bits per heavy atom. The summed E-state index contributed by atoms with van der Waals surface area (Å²) in [6.07, 6.45) is 3.05. The summed E-state index contributed by atoms with van der Waals surface area (Å²) in [5, 5.41) is 12.1. The first-order valence-electron chi connectivity index (χ1n) is 5.67. The molecule has 0 heterocycles. The van der Waals surface area contributed by atoms with Crippen molar-refractivity contribution >= 4 is 27.4 Å². The van der Waals surface area contributed by atoms with E-state index < -0.39 is 0 Å². The molecule has 0 radical (unpaired) electrons. The van der Waals surface area contributed by atoms with Crippen molar-refractivity contribution < 1.29 is 9.90 Å². The summed E-state index contributed by atoms with van der Waals surface area (Å²) in [5.41, 5.74) is 1.43. The Balaban J connectivity index is 1.97. The Labute approximate surface area is 119 Å². The van der Waals surface area contributed by atoms with Crippen LogP contribution in [0.4, 0.5) is 5.69 Å². The fourth-order valence-electron chi connectivity index (χ4n) is 1.48. The normalized spacial score (nSPS) is 10.6. The van der Waals surface area contributed by atoms with Crippen LogP contribution in [-0.2, 0) is 0 Å². The second-order valence-corrected chi connectivity index (χ2v) is 4.81. The topological polar surface area (TPSA) is 49.3 Å². The maximum Gasteiger partial charge on any atom is 0.187 e. The molecule has 0 saturated carbocycles. The summed E-state index contributed by atoms with van der Waals surface area (Å²) < 4.78 is 0.940. The van der Waals surface area contributed by atoms with E-state index in [0.717, 1.165) is 10.2 Å². The Kier molecular flexibility index (Phi) is 4.36. The molecule has 0 aliphatic rings. The third kappa shape index (κ3) is 3.96. The van der Waals surface area contributed by atoms with Gasteiger partial charge in [0.2, 0.25) is 0 Å². The van der Waals surface area contributed by atoms with Crippen molar-refractivity contribution in [1.82, 2.24) is 0 Å². The molecule has 2 rings (SSSR count). The molecule has 3 nitrogen and oxygen atoms in total. The van der Waals surface area contributed by atoms with Crippen LogP contribution in [0.15, 0.2) is 65.3 Å². The van der Waals surface area contributed by atoms with Crippen LogP contribution in [0, 0.1) is 0 Å². The summed E-state index contributed by atoms with van der Waals surface area (Å²) in [5.74, 6) is 0.138. The molecule has 2 N–H and O–H groups in total. The fourth-order valence-corrected chi connectivity index (χ4v) is 1.75. The number of anilines is 1. The van der Waals surface area contributed by atoms with E-state index in [-0.39, 0.29) is 11.5 Å². The molecule has 0 fully saturated rings. The highest BCUT2D eigenvalue weighted by atomic mass is 79.9. The molecule has 19 heavy (non-hydrogen) atoms. The standard InChI is InChI=1S/C15H12BrNO2/c16-12-3-1-11(2-4-12)15(19)9-10-17-13-5-7-14(18)8-6-13/h1-10,17-18H/b10-9+. The van der Waals surface area contributed by atoms with Gasteiger partial charge in [0, 0.05) is 28.0 Å². The number of aromatic hydroxyl groups is 1. The molecular formula is C15H12BrNO2. The van der Waals surface area contributed by atoms with Crippen LogP contribution in [-0.4, -0.2) is 10.9 Å². The van der Waals surface area contributed by atoms with Gasteiger partial charge in [0.05, 0.1) is 0 Å². The monoisotopic (exact) mass is 317 g/mol. The lowest BCUT2D eigenvalue weighted by molar-refractivity contribution is 0.104. The largest absolute Gasteiger partial charge is 0.508 e. The number of benzene rings is 2. The van der Waals surface area contributed by atoms with Crippen LogP contribution < -0.4 is 5.32 Å². The van der Waals surface area contributed by atoms with Gasteiger partial charge in [-0.15, -0.1) is 0 Å². The molecule has 0 bridgehead atoms. The van der Waals surface area contributed by atoms with Gasteiger partial charge in [-0.2, -0.15) is 0 Å². The first-order valence-corrected chi connectivity index (χ1v) is 6.46. The third-order valence-electron chi connectivity index (χ3n) is 2.48. The molecular weight excluding hydrogens is 306 g/mol. The summed E-state index contributed by atoms with van der Waals surface area (Å²) in [6.45, 7) is 0. The lowest BCUT2D eigenvalue weighted by Crippen LogP contribution is -1.95. The minimum Gasteiger partial charge on any atom is -0.508 e. The first kappa shape index (κ1) is 13.4. The van der Waals surface area contributed by atoms with E-state index in [2.05, 4.69) is 21.2 Å². The van der Waals surface area contributed by atoms with Gasteiger partial charge in [0.15, 0.2) is 5.78 Å². The Morgan fingerprint density at radius 3 is 2.32 bits per heavy atom. The molecule has 96 valence electrons. The molecule has 4 heteroatoms. The van der Waals surface area contributed by atoms with E-state index in [0.29, 0.717) is 5.56 Å². The van der Waals surface area contributed by atoms with Crippen LogP contribution in [0.2, 0.25) is 0 Å². The van der Waals surface area contributed by atoms with Gasteiger partial charge >= 0.3 is 0 Å². The van der Waals surface area contributed by atoms with Crippen molar-refractivity contribution in [1.29, 1.82) is 0 Å². The predicted molar refractivity (Wildman–Crippen MR) is 79.3 cm³/mol. The Bertz CT molecular complexity index is 589. The maximum absolute atomic E-state index is 11.8. The van der Waals surface area contributed by atoms with Gasteiger partial charge < -0.3 is 10.4 Å². The van der Waals surface area contributed by atoms with Gasteiger partial charge in [-0.1, -0.05) is 15.9 Å². The van der Waals surface area contributed by atoms with Crippen molar-refractivity contribution in [2.45, 2.75) is 0 Å². The first-order chi connectivity index (χ1) is 9.15. The molecule has 2 aromatic rings. The van der Waals surface area contributed by atoms with Gasteiger partial charge in [-0.05, 0) is 48.5 Å². The number of hydrogen-bond donors (Lipinski definition) is 2. The number of allylic oxidation sites excluding steroid dienone is 1. The molecule has 0 unspecified atom stereocenters. The van der Waals surface area contributed by atoms with Crippen molar-refractivity contribution in [2.75, 3.05) is 5.32 Å². The molecule has 0 amide bonds. The number of halogens is 1. The van der Waals surface area contributed by atoms with Crippen LogP contribution in [0.25, 0.3) is 0 Å².